The minimum absolute atomic E-state index is 0.219. The van der Waals surface area contributed by atoms with Crippen LogP contribution >= 0.6 is 0 Å². The van der Waals surface area contributed by atoms with Gasteiger partial charge in [-0.05, 0) is 43.5 Å². The lowest BCUT2D eigenvalue weighted by Gasteiger charge is -2.34. The molecular weight excluding hydrogens is 267 g/mol. The molecule has 1 aliphatic carbocycles. The van der Waals surface area contributed by atoms with Crippen molar-refractivity contribution in [2.24, 2.45) is 5.92 Å². The van der Waals surface area contributed by atoms with Gasteiger partial charge in [0.2, 0.25) is 0 Å². The van der Waals surface area contributed by atoms with Gasteiger partial charge in [0.15, 0.2) is 0 Å². The van der Waals surface area contributed by atoms with Crippen LogP contribution in [0.15, 0.2) is 18.2 Å². The Morgan fingerprint density at radius 3 is 2.50 bits per heavy atom. The van der Waals surface area contributed by atoms with Crippen LogP contribution in [-0.2, 0) is 0 Å². The predicted molar refractivity (Wildman–Crippen MR) is 73.2 cm³/mol. The van der Waals surface area contributed by atoms with Crippen molar-refractivity contribution in [3.8, 4) is 5.75 Å². The van der Waals surface area contributed by atoms with Crippen LogP contribution in [0.2, 0.25) is 0 Å². The topological polar surface area (TPSA) is 21.3 Å². The molecular formula is C15H20F3NO. The summed E-state index contributed by atoms with van der Waals surface area (Å²) in [5, 5.41) is 3.05. The van der Waals surface area contributed by atoms with Crippen LogP contribution in [-0.4, -0.2) is 19.3 Å². The number of nitrogens with one attached hydrogen (secondary N) is 1. The van der Waals surface area contributed by atoms with Crippen LogP contribution in [0.3, 0.4) is 0 Å². The number of hydrogen-bond acceptors (Lipinski definition) is 2. The molecule has 0 saturated heterocycles. The lowest BCUT2D eigenvalue weighted by Crippen LogP contribution is -2.41. The number of aryl methyl sites for hydroxylation is 1. The number of rotatable bonds is 3. The van der Waals surface area contributed by atoms with Gasteiger partial charge in [-0.15, -0.1) is 0 Å². The van der Waals surface area contributed by atoms with Gasteiger partial charge in [0, 0.05) is 11.7 Å². The van der Waals surface area contributed by atoms with E-state index in [1.54, 1.807) is 19.2 Å². The number of ether oxygens (including phenoxy) is 1. The molecule has 2 unspecified atom stereocenters. The largest absolute Gasteiger partial charge is 0.496 e. The monoisotopic (exact) mass is 287 g/mol. The highest BCUT2D eigenvalue weighted by molar-refractivity contribution is 5.51. The first-order valence-corrected chi connectivity index (χ1v) is 6.89. The molecule has 2 nitrogen and oxygen atoms in total. The smallest absolute Gasteiger partial charge is 0.393 e. The van der Waals surface area contributed by atoms with E-state index in [-0.39, 0.29) is 6.42 Å². The summed E-state index contributed by atoms with van der Waals surface area (Å²) in [6.07, 6.45) is -1.84. The van der Waals surface area contributed by atoms with Crippen LogP contribution in [0.4, 0.5) is 18.9 Å². The summed E-state index contributed by atoms with van der Waals surface area (Å²) < 4.78 is 44.3. The normalized spacial score (nSPS) is 23.4. The zero-order valence-electron chi connectivity index (χ0n) is 11.8. The zero-order chi connectivity index (χ0) is 14.8. The highest BCUT2D eigenvalue weighted by Crippen LogP contribution is 2.39. The van der Waals surface area contributed by atoms with Crippen molar-refractivity contribution in [1.29, 1.82) is 0 Å². The Balaban J connectivity index is 2.12. The first kappa shape index (κ1) is 15.0. The van der Waals surface area contributed by atoms with E-state index < -0.39 is 18.1 Å². The van der Waals surface area contributed by atoms with Gasteiger partial charge in [0.05, 0.1) is 13.0 Å². The van der Waals surface area contributed by atoms with Crippen molar-refractivity contribution in [3.05, 3.63) is 23.8 Å². The van der Waals surface area contributed by atoms with Crippen molar-refractivity contribution in [2.75, 3.05) is 12.4 Å². The molecule has 112 valence electrons. The number of halogens is 3. The Labute approximate surface area is 117 Å². The minimum Gasteiger partial charge on any atom is -0.496 e. The molecule has 2 rings (SSSR count). The first-order chi connectivity index (χ1) is 9.41. The predicted octanol–water partition coefficient (Wildman–Crippen LogP) is 4.54. The molecule has 1 aromatic carbocycles. The molecule has 20 heavy (non-hydrogen) atoms. The average Bonchev–Trinajstić information content (AvgIpc) is 2.38. The molecule has 1 aromatic rings. The van der Waals surface area contributed by atoms with Crippen molar-refractivity contribution >= 4 is 5.69 Å². The number of alkyl halides is 3. The van der Waals surface area contributed by atoms with Crippen molar-refractivity contribution in [1.82, 2.24) is 0 Å². The quantitative estimate of drug-likeness (QED) is 0.881. The second kappa shape index (κ2) is 5.94. The molecule has 1 saturated carbocycles. The summed E-state index contributed by atoms with van der Waals surface area (Å²) in [5.41, 5.74) is 1.64. The Hall–Kier alpha value is -1.39. The third-order valence-corrected chi connectivity index (χ3v) is 3.93. The molecule has 0 aromatic heterocycles. The third-order valence-electron chi connectivity index (χ3n) is 3.93. The van der Waals surface area contributed by atoms with Crippen LogP contribution in [0.5, 0.6) is 5.75 Å². The third kappa shape index (κ3) is 3.38. The molecule has 0 amide bonds. The molecule has 0 aliphatic heterocycles. The van der Waals surface area contributed by atoms with E-state index in [0.717, 1.165) is 23.4 Å². The van der Waals surface area contributed by atoms with Gasteiger partial charge in [0.1, 0.15) is 5.75 Å². The van der Waals surface area contributed by atoms with E-state index in [2.05, 4.69) is 5.32 Å². The van der Waals surface area contributed by atoms with E-state index in [1.807, 2.05) is 13.0 Å². The first-order valence-electron chi connectivity index (χ1n) is 6.89. The molecule has 0 spiro atoms. The highest BCUT2D eigenvalue weighted by atomic mass is 19.4. The number of methoxy groups -OCH3 is 1. The van der Waals surface area contributed by atoms with E-state index >= 15 is 0 Å². The second-order valence-corrected chi connectivity index (χ2v) is 5.37. The van der Waals surface area contributed by atoms with E-state index in [4.69, 9.17) is 4.74 Å². The molecule has 0 heterocycles. The molecule has 1 N–H and O–H groups in total. The molecule has 2 atom stereocenters. The van der Waals surface area contributed by atoms with Crippen molar-refractivity contribution < 1.29 is 17.9 Å². The van der Waals surface area contributed by atoms with Crippen molar-refractivity contribution in [2.45, 2.75) is 44.8 Å². The van der Waals surface area contributed by atoms with Gasteiger partial charge in [0.25, 0.3) is 0 Å². The maximum Gasteiger partial charge on any atom is 0.393 e. The Morgan fingerprint density at radius 2 is 1.90 bits per heavy atom. The number of benzene rings is 1. The highest BCUT2D eigenvalue weighted by Gasteiger charge is 2.45. The Bertz CT molecular complexity index is 459. The Kier molecular flexibility index (Phi) is 4.45. The van der Waals surface area contributed by atoms with Crippen LogP contribution < -0.4 is 10.1 Å². The van der Waals surface area contributed by atoms with Crippen LogP contribution in [0.25, 0.3) is 0 Å². The Morgan fingerprint density at radius 1 is 1.20 bits per heavy atom. The van der Waals surface area contributed by atoms with Crippen LogP contribution in [0, 0.1) is 12.8 Å². The fourth-order valence-electron chi connectivity index (χ4n) is 2.88. The number of hydrogen-bond donors (Lipinski definition) is 1. The van der Waals surface area contributed by atoms with Gasteiger partial charge in [-0.25, -0.2) is 0 Å². The van der Waals surface area contributed by atoms with Gasteiger partial charge in [-0.1, -0.05) is 12.8 Å². The molecule has 1 fully saturated rings. The summed E-state index contributed by atoms with van der Waals surface area (Å²) in [6.45, 7) is 1.88. The van der Waals surface area contributed by atoms with Crippen molar-refractivity contribution in [3.63, 3.8) is 0 Å². The van der Waals surface area contributed by atoms with Gasteiger partial charge < -0.3 is 10.1 Å². The molecule has 5 heteroatoms. The lowest BCUT2D eigenvalue weighted by molar-refractivity contribution is -0.184. The average molecular weight is 287 g/mol. The van der Waals surface area contributed by atoms with Crippen LogP contribution in [0.1, 0.15) is 31.2 Å². The zero-order valence-corrected chi connectivity index (χ0v) is 11.8. The van der Waals surface area contributed by atoms with E-state index in [1.165, 1.54) is 0 Å². The minimum atomic E-state index is -4.13. The molecule has 0 bridgehead atoms. The lowest BCUT2D eigenvalue weighted by atomic mass is 9.84. The van der Waals surface area contributed by atoms with E-state index in [0.29, 0.717) is 12.8 Å². The maximum atomic E-state index is 13.0. The number of anilines is 1. The van der Waals surface area contributed by atoms with E-state index in [9.17, 15) is 13.2 Å². The standard InChI is InChI=1S/C15H20F3NO/c1-10-9-11(7-8-14(10)20-2)19-13-6-4-3-5-12(13)15(16,17)18/h7-9,12-13,19H,3-6H2,1-2H3. The summed E-state index contributed by atoms with van der Waals surface area (Å²) in [7, 11) is 1.58. The maximum absolute atomic E-state index is 13.0. The SMILES string of the molecule is COc1ccc(NC2CCCCC2C(F)(F)F)cc1C. The van der Waals surface area contributed by atoms with Gasteiger partial charge >= 0.3 is 6.18 Å². The van der Waals surface area contributed by atoms with Gasteiger partial charge in [-0.2, -0.15) is 13.2 Å². The molecule has 0 radical (unpaired) electrons. The second-order valence-electron chi connectivity index (χ2n) is 5.37. The summed E-state index contributed by atoms with van der Waals surface area (Å²) in [4.78, 5) is 0. The molecule has 1 aliphatic rings. The fourth-order valence-corrected chi connectivity index (χ4v) is 2.88. The summed E-state index contributed by atoms with van der Waals surface area (Å²) in [6, 6.07) is 4.86. The summed E-state index contributed by atoms with van der Waals surface area (Å²) in [5.74, 6) is -0.509. The fraction of sp³-hybridized carbons (Fsp3) is 0.600. The summed E-state index contributed by atoms with van der Waals surface area (Å²) >= 11 is 0. The van der Waals surface area contributed by atoms with Gasteiger partial charge in [-0.3, -0.25) is 0 Å².